The van der Waals surface area contributed by atoms with E-state index in [1.165, 1.54) is 0 Å². The molecule has 80 valence electrons. The quantitative estimate of drug-likeness (QED) is 0.778. The van der Waals surface area contributed by atoms with Gasteiger partial charge in [0.2, 0.25) is 10.0 Å². The Bertz CT molecular complexity index is 445. The normalized spacial score (nSPS) is 13.1. The summed E-state index contributed by atoms with van der Waals surface area (Å²) in [5, 5.41) is 0. The van der Waals surface area contributed by atoms with Gasteiger partial charge in [-0.25, -0.2) is 13.1 Å². The van der Waals surface area contributed by atoms with Crippen LogP contribution in [-0.4, -0.2) is 14.5 Å². The molecule has 3 nitrogen and oxygen atoms in total. The molecular formula is C11H13NO2S. The van der Waals surface area contributed by atoms with Gasteiger partial charge in [0.05, 0.1) is 11.8 Å². The Labute approximate surface area is 90.6 Å². The Morgan fingerprint density at radius 1 is 1.40 bits per heavy atom. The van der Waals surface area contributed by atoms with E-state index in [0.29, 0.717) is 0 Å². The number of benzene rings is 1. The maximum atomic E-state index is 11.6. The van der Waals surface area contributed by atoms with E-state index >= 15 is 0 Å². The van der Waals surface area contributed by atoms with E-state index in [0.717, 1.165) is 5.56 Å². The highest BCUT2D eigenvalue weighted by Gasteiger charge is 2.13. The first-order valence-corrected chi connectivity index (χ1v) is 6.19. The average molecular weight is 223 g/mol. The topological polar surface area (TPSA) is 46.2 Å². The summed E-state index contributed by atoms with van der Waals surface area (Å²) >= 11 is 0. The van der Waals surface area contributed by atoms with Crippen molar-refractivity contribution in [3.8, 4) is 12.3 Å². The number of rotatable bonds is 4. The van der Waals surface area contributed by atoms with Crippen molar-refractivity contribution in [3.05, 3.63) is 35.9 Å². The number of sulfonamides is 1. The molecule has 0 spiro atoms. The van der Waals surface area contributed by atoms with Crippen LogP contribution >= 0.6 is 0 Å². The average Bonchev–Trinajstić information content (AvgIpc) is 2.17. The number of terminal acetylenes is 1. The van der Waals surface area contributed by atoms with Gasteiger partial charge in [-0.1, -0.05) is 36.3 Å². The lowest BCUT2D eigenvalue weighted by Gasteiger charge is -2.08. The fourth-order valence-electron chi connectivity index (χ4n) is 1.14. The van der Waals surface area contributed by atoms with Crippen molar-refractivity contribution in [3.63, 3.8) is 0 Å². The highest BCUT2D eigenvalue weighted by atomic mass is 32.2. The SMILES string of the molecule is C#CC(C)NS(=O)(=O)Cc1ccccc1. The predicted molar refractivity (Wildman–Crippen MR) is 60.5 cm³/mol. The molecule has 0 bridgehead atoms. The minimum Gasteiger partial charge on any atom is -0.212 e. The molecule has 0 amide bonds. The molecule has 0 aliphatic heterocycles. The molecule has 1 aromatic rings. The first kappa shape index (κ1) is 11.8. The Hall–Kier alpha value is -1.31. The summed E-state index contributed by atoms with van der Waals surface area (Å²) in [6, 6.07) is 8.50. The Morgan fingerprint density at radius 3 is 2.53 bits per heavy atom. The third kappa shape index (κ3) is 4.15. The zero-order valence-electron chi connectivity index (χ0n) is 8.47. The number of hydrogen-bond donors (Lipinski definition) is 1. The van der Waals surface area contributed by atoms with Gasteiger partial charge < -0.3 is 0 Å². The van der Waals surface area contributed by atoms with Gasteiger partial charge >= 0.3 is 0 Å². The smallest absolute Gasteiger partial charge is 0.212 e. The summed E-state index contributed by atoms with van der Waals surface area (Å²) in [6.45, 7) is 1.63. The highest BCUT2D eigenvalue weighted by molar-refractivity contribution is 7.88. The van der Waals surface area contributed by atoms with Crippen LogP contribution < -0.4 is 4.72 Å². The molecular weight excluding hydrogens is 210 g/mol. The van der Waals surface area contributed by atoms with Gasteiger partial charge in [0.1, 0.15) is 0 Å². The molecule has 0 radical (unpaired) electrons. The highest BCUT2D eigenvalue weighted by Crippen LogP contribution is 2.04. The molecule has 4 heteroatoms. The van der Waals surface area contributed by atoms with Crippen molar-refractivity contribution in [2.45, 2.75) is 18.7 Å². The van der Waals surface area contributed by atoms with E-state index in [4.69, 9.17) is 6.42 Å². The molecule has 1 rings (SSSR count). The second-order valence-corrected chi connectivity index (χ2v) is 5.00. The van der Waals surface area contributed by atoms with E-state index in [2.05, 4.69) is 10.6 Å². The fourth-order valence-corrected chi connectivity index (χ4v) is 2.46. The standard InChI is InChI=1S/C11H13NO2S/c1-3-10(2)12-15(13,14)9-11-7-5-4-6-8-11/h1,4-8,10,12H,9H2,2H3. The molecule has 0 saturated heterocycles. The first-order valence-electron chi connectivity index (χ1n) is 4.53. The van der Waals surface area contributed by atoms with Gasteiger partial charge in [0, 0.05) is 0 Å². The second kappa shape index (κ2) is 4.96. The van der Waals surface area contributed by atoms with Crippen LogP contribution in [0.1, 0.15) is 12.5 Å². The van der Waals surface area contributed by atoms with E-state index in [9.17, 15) is 8.42 Å². The molecule has 0 aromatic heterocycles. The van der Waals surface area contributed by atoms with Crippen molar-refractivity contribution >= 4 is 10.0 Å². The summed E-state index contributed by atoms with van der Waals surface area (Å²) in [5.41, 5.74) is 0.745. The first-order chi connectivity index (χ1) is 7.03. The Kier molecular flexibility index (Phi) is 3.89. The van der Waals surface area contributed by atoms with Crippen LogP contribution in [0.15, 0.2) is 30.3 Å². The molecule has 1 unspecified atom stereocenters. The molecule has 15 heavy (non-hydrogen) atoms. The van der Waals surface area contributed by atoms with Crippen LogP contribution in [0.25, 0.3) is 0 Å². The molecule has 1 atom stereocenters. The van der Waals surface area contributed by atoms with E-state index < -0.39 is 16.1 Å². The molecule has 1 N–H and O–H groups in total. The van der Waals surface area contributed by atoms with Crippen molar-refractivity contribution in [2.24, 2.45) is 0 Å². The third-order valence-electron chi connectivity index (χ3n) is 1.81. The third-order valence-corrected chi connectivity index (χ3v) is 3.23. The summed E-state index contributed by atoms with van der Waals surface area (Å²) in [7, 11) is -3.34. The molecule has 0 fully saturated rings. The van der Waals surface area contributed by atoms with E-state index in [1.807, 2.05) is 6.07 Å². The summed E-state index contributed by atoms with van der Waals surface area (Å²) < 4.78 is 25.5. The maximum Gasteiger partial charge on any atom is 0.216 e. The van der Waals surface area contributed by atoms with Crippen molar-refractivity contribution in [2.75, 3.05) is 0 Å². The Balaban J connectivity index is 2.71. The Morgan fingerprint density at radius 2 is 2.00 bits per heavy atom. The van der Waals surface area contributed by atoms with Crippen LogP contribution in [0.3, 0.4) is 0 Å². The molecule has 0 aliphatic rings. The van der Waals surface area contributed by atoms with Gasteiger partial charge in [0.25, 0.3) is 0 Å². The second-order valence-electron chi connectivity index (χ2n) is 3.25. The van der Waals surface area contributed by atoms with Crippen molar-refractivity contribution < 1.29 is 8.42 Å². The maximum absolute atomic E-state index is 11.6. The van der Waals surface area contributed by atoms with Crippen LogP contribution in [0.4, 0.5) is 0 Å². The van der Waals surface area contributed by atoms with Crippen LogP contribution in [0.2, 0.25) is 0 Å². The largest absolute Gasteiger partial charge is 0.216 e. The molecule has 1 aromatic carbocycles. The lowest BCUT2D eigenvalue weighted by molar-refractivity contribution is 0.577. The van der Waals surface area contributed by atoms with E-state index in [1.54, 1.807) is 31.2 Å². The lowest BCUT2D eigenvalue weighted by atomic mass is 10.2. The van der Waals surface area contributed by atoms with E-state index in [-0.39, 0.29) is 5.75 Å². The minimum absolute atomic E-state index is 0.0418. The van der Waals surface area contributed by atoms with Gasteiger partial charge in [-0.15, -0.1) is 6.42 Å². The summed E-state index contributed by atoms with van der Waals surface area (Å²) in [6.07, 6.45) is 5.10. The number of hydrogen-bond acceptors (Lipinski definition) is 2. The zero-order chi connectivity index (χ0) is 11.3. The van der Waals surface area contributed by atoms with Gasteiger partial charge in [-0.05, 0) is 12.5 Å². The predicted octanol–water partition coefficient (Wildman–Crippen LogP) is 1.13. The van der Waals surface area contributed by atoms with Crippen LogP contribution in [-0.2, 0) is 15.8 Å². The zero-order valence-corrected chi connectivity index (χ0v) is 9.29. The minimum atomic E-state index is -3.34. The van der Waals surface area contributed by atoms with Crippen LogP contribution in [0.5, 0.6) is 0 Å². The van der Waals surface area contributed by atoms with Crippen molar-refractivity contribution in [1.82, 2.24) is 4.72 Å². The fraction of sp³-hybridized carbons (Fsp3) is 0.273. The van der Waals surface area contributed by atoms with Crippen molar-refractivity contribution in [1.29, 1.82) is 0 Å². The number of nitrogens with one attached hydrogen (secondary N) is 1. The molecule has 0 aliphatic carbocycles. The molecule has 0 saturated carbocycles. The lowest BCUT2D eigenvalue weighted by Crippen LogP contribution is -2.32. The van der Waals surface area contributed by atoms with Gasteiger partial charge in [0.15, 0.2) is 0 Å². The van der Waals surface area contributed by atoms with Gasteiger partial charge in [-0.2, -0.15) is 0 Å². The molecule has 0 heterocycles. The summed E-state index contributed by atoms with van der Waals surface area (Å²) in [5.74, 6) is 2.27. The summed E-state index contributed by atoms with van der Waals surface area (Å²) in [4.78, 5) is 0. The van der Waals surface area contributed by atoms with Gasteiger partial charge in [-0.3, -0.25) is 0 Å². The monoisotopic (exact) mass is 223 g/mol. The van der Waals surface area contributed by atoms with Crippen LogP contribution in [0, 0.1) is 12.3 Å².